The Hall–Kier alpha value is -2.22. The van der Waals surface area contributed by atoms with Crippen molar-refractivity contribution in [3.05, 3.63) is 23.9 Å². The van der Waals surface area contributed by atoms with E-state index in [0.717, 1.165) is 0 Å². The van der Waals surface area contributed by atoms with Gasteiger partial charge in [0.25, 0.3) is 0 Å². The van der Waals surface area contributed by atoms with Crippen LogP contribution in [0, 0.1) is 17.2 Å². The molecule has 0 amide bonds. The van der Waals surface area contributed by atoms with Crippen LogP contribution in [0.3, 0.4) is 0 Å². The van der Waals surface area contributed by atoms with Gasteiger partial charge in [-0.25, -0.2) is 4.98 Å². The Morgan fingerprint density at radius 1 is 1.56 bits per heavy atom. The Kier molecular flexibility index (Phi) is 5.00. The fourth-order valence-corrected chi connectivity index (χ4v) is 1.53. The molecule has 0 aliphatic rings. The maximum absolute atomic E-state index is 12.1. The molecule has 0 bridgehead atoms. The zero-order valence-electron chi connectivity index (χ0n) is 10.3. The van der Waals surface area contributed by atoms with E-state index in [1.54, 1.807) is 12.1 Å². The lowest BCUT2D eigenvalue weighted by atomic mass is 9.94. The largest absolute Gasteiger partial charge is 0.480 e. The highest BCUT2D eigenvalue weighted by atomic mass is 16.5. The molecule has 0 radical (unpaired) electrons. The molecule has 0 fully saturated rings. The predicted molar refractivity (Wildman–Crippen MR) is 64.1 cm³/mol. The van der Waals surface area contributed by atoms with E-state index < -0.39 is 5.92 Å². The van der Waals surface area contributed by atoms with Gasteiger partial charge in [0, 0.05) is 12.6 Å². The van der Waals surface area contributed by atoms with Crippen molar-refractivity contribution < 1.29 is 14.3 Å². The molecule has 0 saturated heterocycles. The number of Topliss-reactive ketones (excluding diaryl/α,β-unsaturated/α-hetero) is 2. The predicted octanol–water partition coefficient (Wildman–Crippen LogP) is 1.78. The molecule has 1 unspecified atom stereocenters. The molecule has 18 heavy (non-hydrogen) atoms. The number of hydrogen-bond donors (Lipinski definition) is 0. The summed E-state index contributed by atoms with van der Waals surface area (Å²) in [6.45, 7) is 1.43. The second-order valence-corrected chi connectivity index (χ2v) is 3.85. The van der Waals surface area contributed by atoms with E-state index in [1.807, 2.05) is 6.07 Å². The van der Waals surface area contributed by atoms with E-state index in [1.165, 1.54) is 20.2 Å². The van der Waals surface area contributed by atoms with Crippen molar-refractivity contribution in [3.63, 3.8) is 0 Å². The average molecular weight is 246 g/mol. The van der Waals surface area contributed by atoms with Gasteiger partial charge in [0.15, 0.2) is 5.78 Å². The van der Waals surface area contributed by atoms with Crippen LogP contribution < -0.4 is 4.74 Å². The summed E-state index contributed by atoms with van der Waals surface area (Å²) < 4.78 is 4.98. The molecule has 1 rings (SSSR count). The molecule has 0 saturated carbocycles. The van der Waals surface area contributed by atoms with E-state index in [9.17, 15) is 9.59 Å². The van der Waals surface area contributed by atoms with Crippen molar-refractivity contribution in [2.24, 2.45) is 5.92 Å². The summed E-state index contributed by atoms with van der Waals surface area (Å²) in [5.74, 6) is -1.04. The summed E-state index contributed by atoms with van der Waals surface area (Å²) in [5.41, 5.74) is 0.273. The summed E-state index contributed by atoms with van der Waals surface area (Å²) >= 11 is 0. The number of hydrogen-bond acceptors (Lipinski definition) is 5. The maximum atomic E-state index is 12.1. The number of nitrogens with zero attached hydrogens (tertiary/aromatic N) is 2. The van der Waals surface area contributed by atoms with Gasteiger partial charge in [0.2, 0.25) is 5.88 Å². The fourth-order valence-electron chi connectivity index (χ4n) is 1.53. The lowest BCUT2D eigenvalue weighted by Crippen LogP contribution is -2.15. The summed E-state index contributed by atoms with van der Waals surface area (Å²) in [6.07, 6.45) is 1.95. The Morgan fingerprint density at radius 2 is 2.28 bits per heavy atom. The quantitative estimate of drug-likeness (QED) is 0.715. The maximum Gasteiger partial charge on any atom is 0.224 e. The summed E-state index contributed by atoms with van der Waals surface area (Å²) in [4.78, 5) is 26.9. The first-order chi connectivity index (χ1) is 8.60. The normalized spacial score (nSPS) is 11.4. The Labute approximate surface area is 105 Å². The topological polar surface area (TPSA) is 80.0 Å². The molecule has 1 atom stereocenters. The molecule has 0 aromatic carbocycles. The van der Waals surface area contributed by atoms with Crippen molar-refractivity contribution in [1.29, 1.82) is 5.26 Å². The van der Waals surface area contributed by atoms with E-state index in [0.29, 0.717) is 0 Å². The summed E-state index contributed by atoms with van der Waals surface area (Å²) in [7, 11) is 1.41. The Morgan fingerprint density at radius 3 is 2.83 bits per heavy atom. The highest BCUT2D eigenvalue weighted by Gasteiger charge is 2.23. The molecule has 5 nitrogen and oxygen atoms in total. The van der Waals surface area contributed by atoms with E-state index >= 15 is 0 Å². The second kappa shape index (κ2) is 6.50. The zero-order chi connectivity index (χ0) is 13.5. The van der Waals surface area contributed by atoms with Crippen LogP contribution in [-0.4, -0.2) is 23.7 Å². The summed E-state index contributed by atoms with van der Waals surface area (Å²) in [6, 6.07) is 5.09. The number of methoxy groups -OCH3 is 1. The molecule has 0 aliphatic carbocycles. The third kappa shape index (κ3) is 3.39. The Balaban J connectivity index is 2.90. The van der Waals surface area contributed by atoms with Crippen molar-refractivity contribution in [3.8, 4) is 11.9 Å². The third-order valence-corrected chi connectivity index (χ3v) is 2.49. The van der Waals surface area contributed by atoms with Gasteiger partial charge in [-0.2, -0.15) is 5.26 Å². The smallest absolute Gasteiger partial charge is 0.224 e. The molecule has 5 heteroatoms. The molecule has 0 spiro atoms. The molecule has 0 aliphatic heterocycles. The minimum Gasteiger partial charge on any atom is -0.480 e. The van der Waals surface area contributed by atoms with Crippen LogP contribution in [-0.2, 0) is 4.79 Å². The van der Waals surface area contributed by atoms with Gasteiger partial charge in [-0.3, -0.25) is 4.79 Å². The van der Waals surface area contributed by atoms with Gasteiger partial charge in [-0.15, -0.1) is 0 Å². The number of carbonyl (C=O) groups excluding carboxylic acids is 2. The van der Waals surface area contributed by atoms with Crippen molar-refractivity contribution in [1.82, 2.24) is 4.98 Å². The van der Waals surface area contributed by atoms with Gasteiger partial charge < -0.3 is 9.53 Å². The van der Waals surface area contributed by atoms with Crippen LogP contribution in [0.15, 0.2) is 18.3 Å². The molecular weight excluding hydrogens is 232 g/mol. The molecular formula is C13H14N2O3. The van der Waals surface area contributed by atoms with Gasteiger partial charge >= 0.3 is 0 Å². The van der Waals surface area contributed by atoms with Crippen LogP contribution in [0.25, 0.3) is 0 Å². The monoisotopic (exact) mass is 246 g/mol. The standard InChI is InChI=1S/C13H14N2O3/c1-9(16)5-6-10(8-14)12(17)11-4-3-7-15-13(11)18-2/h3-4,7,10H,5-6H2,1-2H3. The number of rotatable bonds is 6. The highest BCUT2D eigenvalue weighted by Crippen LogP contribution is 2.20. The van der Waals surface area contributed by atoms with E-state index in [4.69, 9.17) is 10.00 Å². The van der Waals surface area contributed by atoms with Crippen LogP contribution in [0.4, 0.5) is 0 Å². The van der Waals surface area contributed by atoms with Crippen molar-refractivity contribution >= 4 is 11.6 Å². The molecule has 94 valence electrons. The zero-order valence-corrected chi connectivity index (χ0v) is 10.3. The Bertz CT molecular complexity index is 491. The second-order valence-electron chi connectivity index (χ2n) is 3.85. The lowest BCUT2D eigenvalue weighted by molar-refractivity contribution is -0.117. The minimum absolute atomic E-state index is 0.0406. The number of nitriles is 1. The fraction of sp³-hybridized carbons (Fsp3) is 0.385. The van der Waals surface area contributed by atoms with E-state index in [-0.39, 0.29) is 35.9 Å². The number of carbonyl (C=O) groups is 2. The van der Waals surface area contributed by atoms with Gasteiger partial charge in [0.05, 0.1) is 18.7 Å². The number of pyridine rings is 1. The third-order valence-electron chi connectivity index (χ3n) is 2.49. The van der Waals surface area contributed by atoms with Gasteiger partial charge in [-0.05, 0) is 25.5 Å². The molecule has 1 aromatic rings. The number of ether oxygens (including phenoxy) is 1. The first kappa shape index (κ1) is 13.8. The van der Waals surface area contributed by atoms with E-state index in [2.05, 4.69) is 4.98 Å². The van der Waals surface area contributed by atoms with Crippen molar-refractivity contribution in [2.75, 3.05) is 7.11 Å². The lowest BCUT2D eigenvalue weighted by Gasteiger charge is -2.09. The van der Waals surface area contributed by atoms with Crippen LogP contribution in [0.1, 0.15) is 30.1 Å². The molecule has 0 N–H and O–H groups in total. The molecule has 1 aromatic heterocycles. The number of aromatic nitrogens is 1. The molecule has 1 heterocycles. The summed E-state index contributed by atoms with van der Waals surface area (Å²) in [5, 5.41) is 8.99. The first-order valence-electron chi connectivity index (χ1n) is 5.52. The SMILES string of the molecule is COc1ncccc1C(=O)C(C#N)CCC(C)=O. The highest BCUT2D eigenvalue weighted by molar-refractivity contribution is 6.01. The minimum atomic E-state index is -0.841. The van der Waals surface area contributed by atoms with Crippen LogP contribution in [0.2, 0.25) is 0 Å². The number of ketones is 2. The van der Waals surface area contributed by atoms with Crippen LogP contribution in [0.5, 0.6) is 5.88 Å². The average Bonchev–Trinajstić information content (AvgIpc) is 2.38. The first-order valence-corrected chi connectivity index (χ1v) is 5.52. The van der Waals surface area contributed by atoms with Crippen LogP contribution >= 0.6 is 0 Å². The van der Waals surface area contributed by atoms with Crippen molar-refractivity contribution in [2.45, 2.75) is 19.8 Å². The van der Waals surface area contributed by atoms with Gasteiger partial charge in [-0.1, -0.05) is 0 Å². The van der Waals surface area contributed by atoms with Gasteiger partial charge in [0.1, 0.15) is 11.7 Å².